The first-order valence-electron chi connectivity index (χ1n) is 7.39. The van der Waals surface area contributed by atoms with E-state index in [0.29, 0.717) is 5.92 Å². The van der Waals surface area contributed by atoms with Gasteiger partial charge in [0.1, 0.15) is 5.75 Å². The van der Waals surface area contributed by atoms with Gasteiger partial charge in [0.05, 0.1) is 7.11 Å². The number of anilines is 1. The molecule has 19 heavy (non-hydrogen) atoms. The topological polar surface area (TPSA) is 38.5 Å². The second-order valence-electron chi connectivity index (χ2n) is 5.45. The van der Waals surface area contributed by atoms with Gasteiger partial charge < -0.3 is 15.4 Å². The van der Waals surface area contributed by atoms with Crippen molar-refractivity contribution < 1.29 is 4.74 Å². The van der Waals surface area contributed by atoms with Gasteiger partial charge in [-0.1, -0.05) is 6.92 Å². The van der Waals surface area contributed by atoms with Crippen LogP contribution in [0, 0.1) is 0 Å². The minimum absolute atomic E-state index is 0.483. The molecule has 0 saturated carbocycles. The Bertz CT molecular complexity index is 400. The maximum Gasteiger partial charge on any atom is 0.119 e. The van der Waals surface area contributed by atoms with Crippen LogP contribution in [0.1, 0.15) is 44.1 Å². The predicted molar refractivity (Wildman–Crippen MR) is 81.1 cm³/mol. The highest BCUT2D eigenvalue weighted by Crippen LogP contribution is 2.34. The molecule has 1 aliphatic rings. The van der Waals surface area contributed by atoms with Gasteiger partial charge in [0.15, 0.2) is 0 Å². The van der Waals surface area contributed by atoms with E-state index < -0.39 is 0 Å². The number of benzene rings is 1. The smallest absolute Gasteiger partial charge is 0.119 e. The maximum absolute atomic E-state index is 5.72. The summed E-state index contributed by atoms with van der Waals surface area (Å²) in [5.41, 5.74) is 8.48. The Labute approximate surface area is 116 Å². The Balaban J connectivity index is 2.29. The standard InChI is InChI=1S/C16H26N2O/c1-13(8-9-17)15-12-14(19-2)6-7-16(15)18-10-4-3-5-11-18/h6-7,12-13H,3-5,8-11,17H2,1-2H3. The van der Waals surface area contributed by atoms with E-state index in [1.54, 1.807) is 7.11 Å². The predicted octanol–water partition coefficient (Wildman–Crippen LogP) is 3.14. The monoisotopic (exact) mass is 262 g/mol. The summed E-state index contributed by atoms with van der Waals surface area (Å²) >= 11 is 0. The molecule has 2 rings (SSSR count). The average molecular weight is 262 g/mol. The van der Waals surface area contributed by atoms with Gasteiger partial charge >= 0.3 is 0 Å². The quantitative estimate of drug-likeness (QED) is 0.886. The molecule has 3 heteroatoms. The van der Waals surface area contributed by atoms with Crippen LogP contribution in [-0.4, -0.2) is 26.7 Å². The molecule has 0 radical (unpaired) electrons. The van der Waals surface area contributed by atoms with E-state index in [4.69, 9.17) is 10.5 Å². The van der Waals surface area contributed by atoms with E-state index in [9.17, 15) is 0 Å². The van der Waals surface area contributed by atoms with Crippen LogP contribution in [0.3, 0.4) is 0 Å². The van der Waals surface area contributed by atoms with Crippen molar-refractivity contribution >= 4 is 5.69 Å². The summed E-state index contributed by atoms with van der Waals surface area (Å²) in [5, 5.41) is 0. The lowest BCUT2D eigenvalue weighted by Gasteiger charge is -2.32. The number of ether oxygens (including phenoxy) is 1. The van der Waals surface area contributed by atoms with E-state index >= 15 is 0 Å². The van der Waals surface area contributed by atoms with Gasteiger partial charge in [0.25, 0.3) is 0 Å². The zero-order valence-electron chi connectivity index (χ0n) is 12.2. The van der Waals surface area contributed by atoms with Crippen LogP contribution >= 0.6 is 0 Å². The van der Waals surface area contributed by atoms with Crippen LogP contribution in [0.4, 0.5) is 5.69 Å². The molecule has 0 aliphatic carbocycles. The van der Waals surface area contributed by atoms with Crippen molar-refractivity contribution in [2.45, 2.75) is 38.5 Å². The first-order valence-corrected chi connectivity index (χ1v) is 7.39. The molecule has 0 spiro atoms. The molecule has 1 unspecified atom stereocenters. The van der Waals surface area contributed by atoms with Crippen molar-refractivity contribution in [3.63, 3.8) is 0 Å². The van der Waals surface area contributed by atoms with Gasteiger partial charge in [-0.2, -0.15) is 0 Å². The fourth-order valence-electron chi connectivity index (χ4n) is 2.88. The number of piperidine rings is 1. The minimum Gasteiger partial charge on any atom is -0.497 e. The fraction of sp³-hybridized carbons (Fsp3) is 0.625. The van der Waals surface area contributed by atoms with Gasteiger partial charge in [0.2, 0.25) is 0 Å². The second kappa shape index (κ2) is 6.80. The van der Waals surface area contributed by atoms with Crippen molar-refractivity contribution in [3.05, 3.63) is 23.8 Å². The zero-order chi connectivity index (χ0) is 13.7. The van der Waals surface area contributed by atoms with Gasteiger partial charge in [0, 0.05) is 18.8 Å². The van der Waals surface area contributed by atoms with Crippen LogP contribution < -0.4 is 15.4 Å². The number of methoxy groups -OCH3 is 1. The van der Waals surface area contributed by atoms with Crippen LogP contribution in [0.2, 0.25) is 0 Å². The van der Waals surface area contributed by atoms with Gasteiger partial charge in [-0.25, -0.2) is 0 Å². The zero-order valence-corrected chi connectivity index (χ0v) is 12.2. The summed E-state index contributed by atoms with van der Waals surface area (Å²) in [5.74, 6) is 1.43. The third kappa shape index (κ3) is 3.41. The third-order valence-corrected chi connectivity index (χ3v) is 4.06. The van der Waals surface area contributed by atoms with E-state index in [1.165, 1.54) is 43.6 Å². The van der Waals surface area contributed by atoms with Crippen molar-refractivity contribution in [2.24, 2.45) is 5.73 Å². The molecule has 1 aromatic rings. The molecule has 0 amide bonds. The Morgan fingerprint density at radius 1 is 1.26 bits per heavy atom. The summed E-state index contributed by atoms with van der Waals surface area (Å²) in [6.45, 7) is 5.34. The molecule has 106 valence electrons. The molecule has 0 bridgehead atoms. The normalized spacial score (nSPS) is 17.3. The average Bonchev–Trinajstić information content (AvgIpc) is 2.47. The lowest BCUT2D eigenvalue weighted by Crippen LogP contribution is -2.30. The molecule has 1 heterocycles. The first-order chi connectivity index (χ1) is 9.26. The van der Waals surface area contributed by atoms with Crippen molar-refractivity contribution in [1.82, 2.24) is 0 Å². The second-order valence-corrected chi connectivity index (χ2v) is 5.45. The van der Waals surface area contributed by atoms with Crippen molar-refractivity contribution in [1.29, 1.82) is 0 Å². The molecule has 1 saturated heterocycles. The highest BCUT2D eigenvalue weighted by molar-refractivity contribution is 5.58. The maximum atomic E-state index is 5.72. The number of hydrogen-bond acceptors (Lipinski definition) is 3. The summed E-state index contributed by atoms with van der Waals surface area (Å²) in [7, 11) is 1.73. The lowest BCUT2D eigenvalue weighted by atomic mass is 9.94. The van der Waals surface area contributed by atoms with Crippen LogP contribution in [-0.2, 0) is 0 Å². The molecule has 1 aliphatic heterocycles. The third-order valence-electron chi connectivity index (χ3n) is 4.06. The summed E-state index contributed by atoms with van der Waals surface area (Å²) < 4.78 is 5.38. The molecular weight excluding hydrogens is 236 g/mol. The fourth-order valence-corrected chi connectivity index (χ4v) is 2.88. The largest absolute Gasteiger partial charge is 0.497 e. The highest BCUT2D eigenvalue weighted by atomic mass is 16.5. The Kier molecular flexibility index (Phi) is 5.08. The van der Waals surface area contributed by atoms with Gasteiger partial charge in [-0.3, -0.25) is 0 Å². The molecule has 1 aromatic carbocycles. The Morgan fingerprint density at radius 3 is 2.63 bits per heavy atom. The molecule has 1 fully saturated rings. The molecular formula is C16H26N2O. The van der Waals surface area contributed by atoms with Crippen LogP contribution in [0.25, 0.3) is 0 Å². The molecule has 2 N–H and O–H groups in total. The first kappa shape index (κ1) is 14.2. The van der Waals surface area contributed by atoms with E-state index in [1.807, 2.05) is 0 Å². The minimum atomic E-state index is 0.483. The van der Waals surface area contributed by atoms with Crippen LogP contribution in [0.5, 0.6) is 5.75 Å². The number of hydrogen-bond donors (Lipinski definition) is 1. The van der Waals surface area contributed by atoms with E-state index in [-0.39, 0.29) is 0 Å². The molecule has 3 nitrogen and oxygen atoms in total. The number of nitrogens with two attached hydrogens (primary N) is 1. The van der Waals surface area contributed by atoms with Gasteiger partial charge in [-0.05, 0) is 61.9 Å². The summed E-state index contributed by atoms with van der Waals surface area (Å²) in [6.07, 6.45) is 4.99. The molecule has 1 atom stereocenters. The SMILES string of the molecule is COc1ccc(N2CCCCC2)c(C(C)CCN)c1. The Hall–Kier alpha value is -1.22. The number of nitrogens with zero attached hydrogens (tertiary/aromatic N) is 1. The number of rotatable bonds is 5. The van der Waals surface area contributed by atoms with Gasteiger partial charge in [-0.15, -0.1) is 0 Å². The lowest BCUT2D eigenvalue weighted by molar-refractivity contribution is 0.413. The van der Waals surface area contributed by atoms with E-state index in [2.05, 4.69) is 30.0 Å². The van der Waals surface area contributed by atoms with E-state index in [0.717, 1.165) is 18.7 Å². The molecule has 0 aromatic heterocycles. The van der Waals surface area contributed by atoms with Crippen molar-refractivity contribution in [2.75, 3.05) is 31.6 Å². The highest BCUT2D eigenvalue weighted by Gasteiger charge is 2.18. The van der Waals surface area contributed by atoms with Crippen molar-refractivity contribution in [3.8, 4) is 5.75 Å². The summed E-state index contributed by atoms with van der Waals surface area (Å²) in [4.78, 5) is 2.52. The van der Waals surface area contributed by atoms with Crippen LogP contribution in [0.15, 0.2) is 18.2 Å². The Morgan fingerprint density at radius 2 is 2.00 bits per heavy atom. The summed E-state index contributed by atoms with van der Waals surface area (Å²) in [6, 6.07) is 6.47.